The molecule has 2 N–H and O–H groups in total. The van der Waals surface area contributed by atoms with E-state index in [4.69, 9.17) is 10.3 Å². The lowest BCUT2D eigenvalue weighted by molar-refractivity contribution is 0.100. The van der Waals surface area contributed by atoms with Crippen molar-refractivity contribution in [3.05, 3.63) is 83.0 Å². The van der Waals surface area contributed by atoms with Gasteiger partial charge in [0.05, 0.1) is 22.7 Å². The second kappa shape index (κ2) is 8.70. The summed E-state index contributed by atoms with van der Waals surface area (Å²) in [6.07, 6.45) is 0.556. The number of aryl methyl sites for hydroxylation is 2. The van der Waals surface area contributed by atoms with Gasteiger partial charge < -0.3 is 14.8 Å². The van der Waals surface area contributed by atoms with Crippen molar-refractivity contribution < 1.29 is 22.1 Å². The van der Waals surface area contributed by atoms with E-state index in [2.05, 4.69) is 5.16 Å². The van der Waals surface area contributed by atoms with Crippen molar-refractivity contribution in [3.63, 3.8) is 0 Å². The first-order valence-electron chi connectivity index (χ1n) is 12.2. The van der Waals surface area contributed by atoms with E-state index < -0.39 is 15.9 Å². The number of nitrogens with zero attached hydrogens (tertiary/aromatic N) is 3. The van der Waals surface area contributed by atoms with Crippen LogP contribution in [0, 0.1) is 19.7 Å². The van der Waals surface area contributed by atoms with Crippen LogP contribution in [-0.4, -0.2) is 36.3 Å². The normalized spacial score (nSPS) is 15.1. The van der Waals surface area contributed by atoms with Crippen LogP contribution in [0.15, 0.2) is 59.1 Å². The first-order chi connectivity index (χ1) is 18.1. The maximum absolute atomic E-state index is 13.6. The second-order valence-corrected chi connectivity index (χ2v) is 11.6. The fourth-order valence-corrected chi connectivity index (χ4v) is 7.03. The van der Waals surface area contributed by atoms with Crippen molar-refractivity contribution in [1.82, 2.24) is 9.72 Å². The number of hydrogen-bond acceptors (Lipinski definition) is 5. The van der Waals surface area contributed by atoms with Crippen molar-refractivity contribution in [2.45, 2.75) is 26.8 Å². The van der Waals surface area contributed by atoms with Gasteiger partial charge in [0.25, 0.3) is 0 Å². The molecule has 1 amide bonds. The van der Waals surface area contributed by atoms with Crippen molar-refractivity contribution >= 4 is 43.4 Å². The number of aromatic nitrogens is 2. The molecule has 38 heavy (non-hydrogen) atoms. The zero-order valence-corrected chi connectivity index (χ0v) is 21.7. The van der Waals surface area contributed by atoms with Gasteiger partial charge in [-0.1, -0.05) is 17.3 Å². The molecular formula is C28H25FN4O4S. The molecule has 0 saturated carbocycles. The molecule has 6 rings (SSSR count). The van der Waals surface area contributed by atoms with Gasteiger partial charge >= 0.3 is 0 Å². The number of rotatable bonds is 5. The highest BCUT2D eigenvalue weighted by Crippen LogP contribution is 2.39. The van der Waals surface area contributed by atoms with E-state index in [0.29, 0.717) is 53.0 Å². The fraction of sp³-hybridized carbons (Fsp3) is 0.214. The number of hydrogen-bond donors (Lipinski definition) is 1. The Balaban J connectivity index is 1.68. The SMILES string of the molecule is Cc1noc(C)c1-c1cc(C(N)=O)c2c3cc(N4CCCS4(=O)=O)ccc3n(Cc3ccc(F)cc3)c2c1. The molecule has 5 aromatic rings. The largest absolute Gasteiger partial charge is 0.366 e. The van der Waals surface area contributed by atoms with Crippen LogP contribution >= 0.6 is 0 Å². The molecule has 0 spiro atoms. The Bertz CT molecular complexity index is 1840. The Morgan fingerprint density at radius 2 is 1.84 bits per heavy atom. The Morgan fingerprint density at radius 1 is 1.08 bits per heavy atom. The first kappa shape index (κ1) is 24.2. The third kappa shape index (κ3) is 3.83. The van der Waals surface area contributed by atoms with Crippen LogP contribution < -0.4 is 10.0 Å². The number of anilines is 1. The van der Waals surface area contributed by atoms with Crippen LogP contribution in [0.4, 0.5) is 10.1 Å². The molecule has 0 bridgehead atoms. The number of sulfonamides is 1. The van der Waals surface area contributed by atoms with Crippen LogP contribution in [-0.2, 0) is 16.6 Å². The number of primary amides is 1. The van der Waals surface area contributed by atoms with Crippen LogP contribution in [0.5, 0.6) is 0 Å². The van der Waals surface area contributed by atoms with E-state index in [1.54, 1.807) is 31.2 Å². The molecule has 0 radical (unpaired) electrons. The molecule has 2 aromatic heterocycles. The molecular weight excluding hydrogens is 507 g/mol. The fourth-order valence-electron chi connectivity index (χ4n) is 5.47. The number of carbonyl (C=O) groups is 1. The topological polar surface area (TPSA) is 111 Å². The Hall–Kier alpha value is -4.18. The van der Waals surface area contributed by atoms with Gasteiger partial charge in [-0.05, 0) is 73.9 Å². The highest BCUT2D eigenvalue weighted by atomic mass is 32.2. The van der Waals surface area contributed by atoms with E-state index in [9.17, 15) is 17.6 Å². The van der Waals surface area contributed by atoms with Gasteiger partial charge in [0.2, 0.25) is 15.9 Å². The van der Waals surface area contributed by atoms with Crippen LogP contribution in [0.25, 0.3) is 32.9 Å². The number of benzene rings is 3. The minimum atomic E-state index is -3.40. The summed E-state index contributed by atoms with van der Waals surface area (Å²) in [6.45, 7) is 4.43. The molecule has 0 atom stereocenters. The molecule has 0 aliphatic carbocycles. The lowest BCUT2D eigenvalue weighted by Crippen LogP contribution is -2.24. The number of halogens is 1. The second-order valence-electron chi connectivity index (χ2n) is 9.64. The molecule has 8 nitrogen and oxygen atoms in total. The minimum Gasteiger partial charge on any atom is -0.366 e. The monoisotopic (exact) mass is 532 g/mol. The maximum atomic E-state index is 13.6. The summed E-state index contributed by atoms with van der Waals surface area (Å²) in [7, 11) is -3.40. The van der Waals surface area contributed by atoms with Gasteiger partial charge in [-0.3, -0.25) is 9.10 Å². The summed E-state index contributed by atoms with van der Waals surface area (Å²) in [5.74, 6) is -0.224. The first-order valence-corrected chi connectivity index (χ1v) is 13.8. The highest BCUT2D eigenvalue weighted by Gasteiger charge is 2.29. The van der Waals surface area contributed by atoms with Gasteiger partial charge in [-0.2, -0.15) is 0 Å². The lowest BCUT2D eigenvalue weighted by atomic mass is 9.97. The van der Waals surface area contributed by atoms with Crippen molar-refractivity contribution in [2.75, 3.05) is 16.6 Å². The average molecular weight is 533 g/mol. The predicted molar refractivity (Wildman–Crippen MR) is 144 cm³/mol. The summed E-state index contributed by atoms with van der Waals surface area (Å²) in [6, 6.07) is 15.4. The summed E-state index contributed by atoms with van der Waals surface area (Å²) in [5, 5.41) is 5.40. The maximum Gasteiger partial charge on any atom is 0.249 e. The summed E-state index contributed by atoms with van der Waals surface area (Å²) in [5.41, 5.74) is 11.3. The summed E-state index contributed by atoms with van der Waals surface area (Å²) in [4.78, 5) is 12.8. The van der Waals surface area contributed by atoms with E-state index in [1.165, 1.54) is 16.4 Å². The predicted octanol–water partition coefficient (Wildman–Crippen LogP) is 4.89. The van der Waals surface area contributed by atoms with Crippen LogP contribution in [0.2, 0.25) is 0 Å². The van der Waals surface area contributed by atoms with Crippen LogP contribution in [0.3, 0.4) is 0 Å². The smallest absolute Gasteiger partial charge is 0.249 e. The molecule has 1 fully saturated rings. The number of amides is 1. The average Bonchev–Trinajstić information content (AvgIpc) is 3.51. The number of carbonyl (C=O) groups excluding carboxylic acids is 1. The molecule has 10 heteroatoms. The quantitative estimate of drug-likeness (QED) is 0.346. The molecule has 194 valence electrons. The summed E-state index contributed by atoms with van der Waals surface area (Å²) >= 11 is 0. The Morgan fingerprint density at radius 3 is 2.47 bits per heavy atom. The van der Waals surface area contributed by atoms with E-state index >= 15 is 0 Å². The van der Waals surface area contributed by atoms with Gasteiger partial charge in [0, 0.05) is 40.5 Å². The minimum absolute atomic E-state index is 0.102. The van der Waals surface area contributed by atoms with E-state index in [1.807, 2.05) is 29.7 Å². The molecule has 3 aromatic carbocycles. The molecule has 1 aliphatic heterocycles. The molecule has 3 heterocycles. The van der Waals surface area contributed by atoms with Gasteiger partial charge in [0.1, 0.15) is 11.6 Å². The van der Waals surface area contributed by atoms with Crippen molar-refractivity contribution in [2.24, 2.45) is 5.73 Å². The lowest BCUT2D eigenvalue weighted by Gasteiger charge is -2.17. The van der Waals surface area contributed by atoms with Gasteiger partial charge in [0.15, 0.2) is 0 Å². The molecule has 0 unspecified atom stereocenters. The zero-order valence-electron chi connectivity index (χ0n) is 20.9. The van der Waals surface area contributed by atoms with Gasteiger partial charge in [-0.25, -0.2) is 12.8 Å². The molecule has 1 aliphatic rings. The third-order valence-corrected chi connectivity index (χ3v) is 9.05. The zero-order chi connectivity index (χ0) is 26.8. The Labute approximate surface area is 218 Å². The van der Waals surface area contributed by atoms with Crippen molar-refractivity contribution in [1.29, 1.82) is 0 Å². The van der Waals surface area contributed by atoms with E-state index in [-0.39, 0.29) is 11.6 Å². The van der Waals surface area contributed by atoms with Gasteiger partial charge in [-0.15, -0.1) is 0 Å². The van der Waals surface area contributed by atoms with Crippen molar-refractivity contribution in [3.8, 4) is 11.1 Å². The number of nitrogens with two attached hydrogens (primary N) is 1. The van der Waals surface area contributed by atoms with E-state index in [0.717, 1.165) is 27.7 Å². The number of fused-ring (bicyclic) bond motifs is 3. The van der Waals surface area contributed by atoms with Crippen LogP contribution in [0.1, 0.15) is 33.8 Å². The Kier molecular flexibility index (Phi) is 5.53. The molecule has 1 saturated heterocycles. The standard InChI is InChI=1S/C28H25FN4O4S/c1-16-26(17(2)37-31-16)19-12-23(28(30)34)27-22-14-21(33-10-3-11-38(33,35)36)8-9-24(22)32(25(27)13-19)15-18-4-6-20(29)7-5-18/h4-9,12-14H,3,10-11,15H2,1-2H3,(H2,30,34). The highest BCUT2D eigenvalue weighted by molar-refractivity contribution is 7.93. The summed E-state index contributed by atoms with van der Waals surface area (Å²) < 4.78 is 47.8. The third-order valence-electron chi connectivity index (χ3n) is 7.18.